The lowest BCUT2D eigenvalue weighted by molar-refractivity contribution is 0.399. The molecule has 1 atom stereocenters. The van der Waals surface area contributed by atoms with Gasteiger partial charge >= 0.3 is 0 Å². The predicted molar refractivity (Wildman–Crippen MR) is 104 cm³/mol. The summed E-state index contributed by atoms with van der Waals surface area (Å²) in [6.45, 7) is 1.76. The molecule has 0 radical (unpaired) electrons. The molecule has 1 aromatic carbocycles. The zero-order valence-corrected chi connectivity index (χ0v) is 15.7. The molecule has 4 rings (SSSR count). The van der Waals surface area contributed by atoms with E-state index < -0.39 is 5.25 Å². The van der Waals surface area contributed by atoms with Gasteiger partial charge in [-0.2, -0.15) is 5.26 Å². The van der Waals surface area contributed by atoms with Crippen LogP contribution in [0, 0.1) is 11.3 Å². The summed E-state index contributed by atoms with van der Waals surface area (Å²) in [5, 5.41) is 29.9. The van der Waals surface area contributed by atoms with E-state index in [9.17, 15) is 10.4 Å². The third-order valence-electron chi connectivity index (χ3n) is 3.80. The van der Waals surface area contributed by atoms with Crippen LogP contribution < -0.4 is 0 Å². The van der Waals surface area contributed by atoms with E-state index in [1.54, 1.807) is 6.92 Å². The molecule has 0 spiro atoms. The lowest BCUT2D eigenvalue weighted by Crippen LogP contribution is -2.04. The minimum Gasteiger partial charge on any atom is -0.510 e. The highest BCUT2D eigenvalue weighted by Gasteiger charge is 2.21. The molecular weight excluding hydrogens is 382 g/mol. The van der Waals surface area contributed by atoms with Crippen molar-refractivity contribution in [1.29, 1.82) is 5.26 Å². The van der Waals surface area contributed by atoms with Crippen LogP contribution in [0.4, 0.5) is 0 Å². The maximum Gasteiger partial charge on any atom is 0.277 e. The minimum absolute atomic E-state index is 0.0872. The van der Waals surface area contributed by atoms with Crippen molar-refractivity contribution in [1.82, 2.24) is 20.2 Å². The van der Waals surface area contributed by atoms with Crippen molar-refractivity contribution in [3.63, 3.8) is 0 Å². The van der Waals surface area contributed by atoms with Gasteiger partial charge in [0.1, 0.15) is 17.4 Å². The summed E-state index contributed by atoms with van der Waals surface area (Å²) in [6, 6.07) is 13.3. The molecule has 0 aliphatic heterocycles. The number of benzene rings is 1. The van der Waals surface area contributed by atoms with Crippen LogP contribution in [0.15, 0.2) is 57.2 Å². The van der Waals surface area contributed by atoms with E-state index in [2.05, 4.69) is 20.2 Å². The van der Waals surface area contributed by atoms with Gasteiger partial charge in [0.2, 0.25) is 0 Å². The molecule has 0 fully saturated rings. The molecule has 0 saturated heterocycles. The number of fused-ring (bicyclic) bond motifs is 1. The number of imidazole rings is 1. The Morgan fingerprint density at radius 3 is 2.89 bits per heavy atom. The standard InChI is InChI=1S/C18H13N5O2S2/c1-10(27-18-23-22-17(25-18)14-7-4-8-26-14)15(24)11(9-19)16-20-12-5-2-3-6-13(12)21-16/h2-8,10,24H,1H3,(H,20,21)/b15-11-. The fourth-order valence-corrected chi connectivity index (χ4v) is 3.86. The number of hydrogen-bond donors (Lipinski definition) is 2. The third-order valence-corrected chi connectivity index (χ3v) is 5.60. The Hall–Kier alpha value is -3.09. The van der Waals surface area contributed by atoms with Gasteiger partial charge in [-0.25, -0.2) is 4.98 Å². The Balaban J connectivity index is 1.59. The number of aromatic amines is 1. The maximum atomic E-state index is 10.6. The van der Waals surface area contributed by atoms with Gasteiger partial charge < -0.3 is 14.5 Å². The molecule has 0 bridgehead atoms. The normalized spacial score (nSPS) is 13.3. The molecule has 2 N–H and O–H groups in total. The first-order valence-electron chi connectivity index (χ1n) is 7.98. The van der Waals surface area contributed by atoms with Crippen molar-refractivity contribution >= 4 is 39.7 Å². The molecular formula is C18H13N5O2S2. The van der Waals surface area contributed by atoms with Gasteiger partial charge in [0.05, 0.1) is 21.2 Å². The summed E-state index contributed by atoms with van der Waals surface area (Å²) >= 11 is 2.68. The second kappa shape index (κ2) is 7.26. The number of para-hydroxylation sites is 2. The zero-order valence-electron chi connectivity index (χ0n) is 14.1. The van der Waals surface area contributed by atoms with Crippen LogP contribution in [-0.4, -0.2) is 30.5 Å². The molecule has 0 aliphatic rings. The Kier molecular flexibility index (Phi) is 4.66. The molecule has 9 heteroatoms. The van der Waals surface area contributed by atoms with E-state index in [0.29, 0.717) is 16.9 Å². The number of H-pyrrole nitrogens is 1. The molecule has 0 amide bonds. The van der Waals surface area contributed by atoms with E-state index in [1.807, 2.05) is 47.8 Å². The van der Waals surface area contributed by atoms with Crippen molar-refractivity contribution in [3.8, 4) is 16.8 Å². The van der Waals surface area contributed by atoms with Crippen LogP contribution in [0.2, 0.25) is 0 Å². The lowest BCUT2D eigenvalue weighted by atomic mass is 10.2. The molecule has 3 heterocycles. The highest BCUT2D eigenvalue weighted by Crippen LogP contribution is 2.32. The molecule has 7 nitrogen and oxygen atoms in total. The Morgan fingerprint density at radius 2 is 2.15 bits per heavy atom. The summed E-state index contributed by atoms with van der Waals surface area (Å²) in [6.07, 6.45) is 0. The Labute approximate surface area is 162 Å². The highest BCUT2D eigenvalue weighted by molar-refractivity contribution is 7.99. The van der Waals surface area contributed by atoms with Crippen molar-refractivity contribution in [2.45, 2.75) is 17.4 Å². The van der Waals surface area contributed by atoms with Gasteiger partial charge in [0, 0.05) is 0 Å². The SMILES string of the molecule is CC(Sc1nnc(-c2cccs2)o1)/C(O)=C(\C#N)c1nc2ccccc2[nH]1. The van der Waals surface area contributed by atoms with Gasteiger partial charge in [0.25, 0.3) is 11.1 Å². The molecule has 3 aromatic heterocycles. The fraction of sp³-hybridized carbons (Fsp3) is 0.111. The number of allylic oxidation sites excluding steroid dienone is 1. The third kappa shape index (κ3) is 3.45. The summed E-state index contributed by atoms with van der Waals surface area (Å²) < 4.78 is 5.63. The fourth-order valence-electron chi connectivity index (χ4n) is 2.47. The minimum atomic E-state index is -0.468. The van der Waals surface area contributed by atoms with Crippen molar-refractivity contribution in [2.75, 3.05) is 0 Å². The van der Waals surface area contributed by atoms with Gasteiger partial charge in [0.15, 0.2) is 5.82 Å². The average molecular weight is 395 g/mol. The molecule has 0 saturated carbocycles. The molecule has 27 heavy (non-hydrogen) atoms. The van der Waals surface area contributed by atoms with Crippen LogP contribution in [0.25, 0.3) is 27.4 Å². The lowest BCUT2D eigenvalue weighted by Gasteiger charge is -2.08. The van der Waals surface area contributed by atoms with Gasteiger partial charge in [-0.1, -0.05) is 30.0 Å². The van der Waals surface area contributed by atoms with E-state index in [-0.39, 0.29) is 11.3 Å². The quantitative estimate of drug-likeness (QED) is 0.287. The van der Waals surface area contributed by atoms with Crippen LogP contribution in [0.3, 0.4) is 0 Å². The smallest absolute Gasteiger partial charge is 0.277 e. The second-order valence-corrected chi connectivity index (χ2v) is 7.82. The predicted octanol–water partition coefficient (Wildman–Crippen LogP) is 4.65. The first kappa shape index (κ1) is 17.3. The zero-order chi connectivity index (χ0) is 18.8. The number of nitrogens with one attached hydrogen (secondary N) is 1. The molecule has 4 aromatic rings. The van der Waals surface area contributed by atoms with Crippen LogP contribution in [0.1, 0.15) is 12.7 Å². The maximum absolute atomic E-state index is 10.6. The number of hydrogen-bond acceptors (Lipinski definition) is 8. The van der Waals surface area contributed by atoms with Crippen LogP contribution >= 0.6 is 23.1 Å². The van der Waals surface area contributed by atoms with Crippen molar-refractivity contribution in [3.05, 3.63) is 53.4 Å². The highest BCUT2D eigenvalue weighted by atomic mass is 32.2. The monoisotopic (exact) mass is 395 g/mol. The van der Waals surface area contributed by atoms with E-state index >= 15 is 0 Å². The molecule has 0 aliphatic carbocycles. The summed E-state index contributed by atoms with van der Waals surface area (Å²) in [5.74, 6) is 0.659. The van der Waals surface area contributed by atoms with E-state index in [0.717, 1.165) is 15.9 Å². The number of nitriles is 1. The van der Waals surface area contributed by atoms with Gasteiger partial charge in [-0.05, 0) is 30.5 Å². The Morgan fingerprint density at radius 1 is 1.30 bits per heavy atom. The van der Waals surface area contributed by atoms with E-state index in [1.165, 1.54) is 23.1 Å². The van der Waals surface area contributed by atoms with Crippen LogP contribution in [0.5, 0.6) is 0 Å². The van der Waals surface area contributed by atoms with Gasteiger partial charge in [-0.3, -0.25) is 0 Å². The molecule has 134 valence electrons. The number of thiophene rings is 1. The van der Waals surface area contributed by atoms with Crippen molar-refractivity contribution < 1.29 is 9.52 Å². The summed E-state index contributed by atoms with van der Waals surface area (Å²) in [7, 11) is 0. The number of aromatic nitrogens is 4. The largest absolute Gasteiger partial charge is 0.510 e. The number of aliphatic hydroxyl groups excluding tert-OH is 1. The first-order chi connectivity index (χ1) is 13.2. The Bertz CT molecular complexity index is 1120. The second-order valence-electron chi connectivity index (χ2n) is 5.59. The van der Waals surface area contributed by atoms with E-state index in [4.69, 9.17) is 4.42 Å². The average Bonchev–Trinajstić information content (AvgIpc) is 3.42. The first-order valence-corrected chi connectivity index (χ1v) is 9.74. The molecule has 1 unspecified atom stereocenters. The van der Waals surface area contributed by atoms with Crippen molar-refractivity contribution in [2.24, 2.45) is 0 Å². The topological polar surface area (TPSA) is 112 Å². The number of rotatable bonds is 5. The summed E-state index contributed by atoms with van der Waals surface area (Å²) in [4.78, 5) is 8.31. The number of thioether (sulfide) groups is 1. The van der Waals surface area contributed by atoms with Crippen LogP contribution in [-0.2, 0) is 0 Å². The number of aliphatic hydroxyl groups is 1. The van der Waals surface area contributed by atoms with Gasteiger partial charge in [-0.15, -0.1) is 21.5 Å². The number of nitrogens with zero attached hydrogens (tertiary/aromatic N) is 4. The summed E-state index contributed by atoms with van der Waals surface area (Å²) in [5.41, 5.74) is 1.61.